The Morgan fingerprint density at radius 1 is 1.20 bits per heavy atom. The van der Waals surface area contributed by atoms with Crippen LogP contribution in [-0.2, 0) is 4.74 Å². The number of aromatic nitrogens is 1. The minimum Gasteiger partial charge on any atom is -0.493 e. The highest BCUT2D eigenvalue weighted by Gasteiger charge is 2.11. The SMILES string of the molecule is COCCCNc1oc(C=Cc2ccc(OC)c(OC)c2)nc1C#N. The number of anilines is 1. The van der Waals surface area contributed by atoms with Crippen LogP contribution in [0.5, 0.6) is 11.5 Å². The van der Waals surface area contributed by atoms with Crippen molar-refractivity contribution in [3.8, 4) is 17.6 Å². The first-order valence-electron chi connectivity index (χ1n) is 7.75. The molecule has 7 nitrogen and oxygen atoms in total. The normalized spacial score (nSPS) is 10.6. The number of benzene rings is 1. The lowest BCUT2D eigenvalue weighted by Crippen LogP contribution is -2.04. The third-order valence-electron chi connectivity index (χ3n) is 3.39. The van der Waals surface area contributed by atoms with Gasteiger partial charge in [0.15, 0.2) is 11.5 Å². The van der Waals surface area contributed by atoms with Crippen molar-refractivity contribution in [1.29, 1.82) is 5.26 Å². The fourth-order valence-electron chi connectivity index (χ4n) is 2.15. The summed E-state index contributed by atoms with van der Waals surface area (Å²) in [5.74, 6) is 2.01. The minimum atomic E-state index is 0.226. The zero-order valence-electron chi connectivity index (χ0n) is 14.5. The molecule has 0 atom stereocenters. The highest BCUT2D eigenvalue weighted by atomic mass is 16.5. The van der Waals surface area contributed by atoms with Crippen molar-refractivity contribution in [2.45, 2.75) is 6.42 Å². The van der Waals surface area contributed by atoms with Crippen LogP contribution in [0.15, 0.2) is 22.6 Å². The van der Waals surface area contributed by atoms with Crippen molar-refractivity contribution in [3.05, 3.63) is 35.3 Å². The van der Waals surface area contributed by atoms with Gasteiger partial charge in [-0.05, 0) is 30.2 Å². The van der Waals surface area contributed by atoms with Crippen LogP contribution < -0.4 is 14.8 Å². The molecule has 0 spiro atoms. The lowest BCUT2D eigenvalue weighted by Gasteiger charge is -2.07. The van der Waals surface area contributed by atoms with Crippen molar-refractivity contribution in [1.82, 2.24) is 4.98 Å². The molecule has 0 aliphatic rings. The number of nitrogens with one attached hydrogen (secondary N) is 1. The summed E-state index contributed by atoms with van der Waals surface area (Å²) >= 11 is 0. The van der Waals surface area contributed by atoms with E-state index in [4.69, 9.17) is 23.9 Å². The molecule has 0 bridgehead atoms. The van der Waals surface area contributed by atoms with Gasteiger partial charge >= 0.3 is 0 Å². The van der Waals surface area contributed by atoms with E-state index in [1.54, 1.807) is 27.4 Å². The molecule has 0 saturated carbocycles. The van der Waals surface area contributed by atoms with E-state index in [2.05, 4.69) is 10.3 Å². The van der Waals surface area contributed by atoms with Crippen LogP contribution in [0, 0.1) is 11.3 Å². The Hall–Kier alpha value is -2.98. The first kappa shape index (κ1) is 18.4. The molecular formula is C18H21N3O4. The highest BCUT2D eigenvalue weighted by molar-refractivity contribution is 5.68. The van der Waals surface area contributed by atoms with E-state index >= 15 is 0 Å². The molecule has 1 N–H and O–H groups in total. The van der Waals surface area contributed by atoms with Crippen molar-refractivity contribution < 1.29 is 18.6 Å². The van der Waals surface area contributed by atoms with E-state index in [0.717, 1.165) is 12.0 Å². The molecule has 132 valence electrons. The number of hydrogen-bond donors (Lipinski definition) is 1. The van der Waals surface area contributed by atoms with Crippen molar-refractivity contribution in [2.75, 3.05) is 39.8 Å². The molecule has 0 aliphatic carbocycles. The lowest BCUT2D eigenvalue weighted by atomic mass is 10.2. The number of ether oxygens (including phenoxy) is 3. The zero-order chi connectivity index (χ0) is 18.1. The topological polar surface area (TPSA) is 89.5 Å². The summed E-state index contributed by atoms with van der Waals surface area (Å²) in [7, 11) is 4.82. The van der Waals surface area contributed by atoms with Crippen LogP contribution >= 0.6 is 0 Å². The third-order valence-corrected chi connectivity index (χ3v) is 3.39. The summed E-state index contributed by atoms with van der Waals surface area (Å²) in [6, 6.07) is 7.56. The van der Waals surface area contributed by atoms with E-state index in [-0.39, 0.29) is 5.69 Å². The summed E-state index contributed by atoms with van der Waals surface area (Å²) in [5, 5.41) is 12.2. The van der Waals surface area contributed by atoms with Gasteiger partial charge in [-0.25, -0.2) is 0 Å². The molecule has 2 rings (SSSR count). The van der Waals surface area contributed by atoms with Crippen molar-refractivity contribution in [2.24, 2.45) is 0 Å². The predicted molar refractivity (Wildman–Crippen MR) is 94.7 cm³/mol. The molecular weight excluding hydrogens is 322 g/mol. The van der Waals surface area contributed by atoms with Gasteiger partial charge in [0.25, 0.3) is 0 Å². The van der Waals surface area contributed by atoms with Crippen LogP contribution in [0.1, 0.15) is 23.6 Å². The molecule has 0 radical (unpaired) electrons. The zero-order valence-corrected chi connectivity index (χ0v) is 14.5. The fraction of sp³-hybridized carbons (Fsp3) is 0.333. The Morgan fingerprint density at radius 3 is 2.68 bits per heavy atom. The molecule has 25 heavy (non-hydrogen) atoms. The molecule has 0 fully saturated rings. The van der Waals surface area contributed by atoms with Gasteiger partial charge in [-0.2, -0.15) is 10.2 Å². The Balaban J connectivity index is 2.10. The largest absolute Gasteiger partial charge is 0.493 e. The average Bonchev–Trinajstić information content (AvgIpc) is 3.05. The van der Waals surface area contributed by atoms with Gasteiger partial charge in [0.2, 0.25) is 17.5 Å². The van der Waals surface area contributed by atoms with E-state index < -0.39 is 0 Å². The molecule has 0 unspecified atom stereocenters. The van der Waals surface area contributed by atoms with Crippen LogP contribution in [-0.4, -0.2) is 39.5 Å². The molecule has 1 heterocycles. The second kappa shape index (κ2) is 9.35. The Kier molecular flexibility index (Phi) is 6.87. The third kappa shape index (κ3) is 4.99. The number of rotatable bonds is 9. The Bertz CT molecular complexity index is 762. The van der Waals surface area contributed by atoms with Gasteiger partial charge < -0.3 is 23.9 Å². The van der Waals surface area contributed by atoms with Gasteiger partial charge in [0, 0.05) is 26.3 Å². The van der Waals surface area contributed by atoms with Crippen molar-refractivity contribution >= 4 is 18.0 Å². The Morgan fingerprint density at radius 2 is 2.00 bits per heavy atom. The number of nitrogens with zero attached hydrogens (tertiary/aromatic N) is 2. The van der Waals surface area contributed by atoms with Gasteiger partial charge in [-0.1, -0.05) is 6.07 Å². The minimum absolute atomic E-state index is 0.226. The molecule has 1 aromatic carbocycles. The number of oxazole rings is 1. The van der Waals surface area contributed by atoms with E-state index in [9.17, 15) is 0 Å². The number of hydrogen-bond acceptors (Lipinski definition) is 7. The van der Waals surface area contributed by atoms with E-state index in [0.29, 0.717) is 36.4 Å². The maximum atomic E-state index is 9.15. The van der Waals surface area contributed by atoms with Crippen molar-refractivity contribution in [3.63, 3.8) is 0 Å². The van der Waals surface area contributed by atoms with Crippen LogP contribution in [0.2, 0.25) is 0 Å². The molecule has 7 heteroatoms. The maximum Gasteiger partial charge on any atom is 0.232 e. The highest BCUT2D eigenvalue weighted by Crippen LogP contribution is 2.28. The standard InChI is InChI=1S/C18H21N3O4/c1-22-10-4-9-20-18-14(12-19)21-17(25-18)8-6-13-5-7-15(23-2)16(11-13)24-3/h5-8,11,20H,4,9-10H2,1-3H3. The predicted octanol–water partition coefficient (Wildman–Crippen LogP) is 3.18. The van der Waals surface area contributed by atoms with Crippen LogP contribution in [0.3, 0.4) is 0 Å². The second-order valence-electron chi connectivity index (χ2n) is 5.06. The number of nitriles is 1. The molecule has 2 aromatic rings. The van der Waals surface area contributed by atoms with Crippen LogP contribution in [0.4, 0.5) is 5.88 Å². The van der Waals surface area contributed by atoms with E-state index in [1.807, 2.05) is 30.3 Å². The monoisotopic (exact) mass is 343 g/mol. The number of methoxy groups -OCH3 is 3. The summed E-state index contributed by atoms with van der Waals surface area (Å²) in [6.07, 6.45) is 4.32. The quantitative estimate of drug-likeness (QED) is 0.699. The fourth-order valence-corrected chi connectivity index (χ4v) is 2.15. The van der Waals surface area contributed by atoms with Gasteiger partial charge in [0.1, 0.15) is 6.07 Å². The first-order valence-corrected chi connectivity index (χ1v) is 7.75. The summed E-state index contributed by atoms with van der Waals surface area (Å²) in [4.78, 5) is 4.15. The van der Waals surface area contributed by atoms with E-state index in [1.165, 1.54) is 0 Å². The molecule has 1 aromatic heterocycles. The summed E-state index contributed by atoms with van der Waals surface area (Å²) < 4.78 is 21.0. The van der Waals surface area contributed by atoms with Gasteiger partial charge in [-0.3, -0.25) is 0 Å². The van der Waals surface area contributed by atoms with Gasteiger partial charge in [-0.15, -0.1) is 0 Å². The molecule has 0 saturated heterocycles. The summed E-state index contributed by atoms with van der Waals surface area (Å²) in [6.45, 7) is 1.27. The molecule has 0 aliphatic heterocycles. The van der Waals surface area contributed by atoms with Gasteiger partial charge in [0.05, 0.1) is 14.2 Å². The van der Waals surface area contributed by atoms with Crippen LogP contribution in [0.25, 0.3) is 12.2 Å². The second-order valence-corrected chi connectivity index (χ2v) is 5.06. The maximum absolute atomic E-state index is 9.15. The summed E-state index contributed by atoms with van der Waals surface area (Å²) in [5.41, 5.74) is 1.12. The lowest BCUT2D eigenvalue weighted by molar-refractivity contribution is 0.197. The smallest absolute Gasteiger partial charge is 0.232 e. The average molecular weight is 343 g/mol. The first-order chi connectivity index (χ1) is 12.2. The molecule has 0 amide bonds. The Labute approximate surface area is 146 Å².